The summed E-state index contributed by atoms with van der Waals surface area (Å²) < 4.78 is 69.9. The lowest BCUT2D eigenvalue weighted by Gasteiger charge is -2.36. The number of imidazole rings is 1. The highest BCUT2D eigenvalue weighted by Gasteiger charge is 2.41. The molecule has 4 heterocycles. The second-order valence-electron chi connectivity index (χ2n) is 9.73. The van der Waals surface area contributed by atoms with Crippen molar-refractivity contribution in [2.24, 2.45) is 0 Å². The van der Waals surface area contributed by atoms with Gasteiger partial charge < -0.3 is 9.80 Å². The molecule has 0 aliphatic carbocycles. The Labute approximate surface area is 218 Å². The van der Waals surface area contributed by atoms with E-state index in [0.29, 0.717) is 28.9 Å². The van der Waals surface area contributed by atoms with Gasteiger partial charge in [0.1, 0.15) is 6.54 Å². The topological polar surface area (TPSA) is 94.5 Å². The van der Waals surface area contributed by atoms with Crippen molar-refractivity contribution in [3.63, 3.8) is 0 Å². The van der Waals surface area contributed by atoms with Gasteiger partial charge in [-0.1, -0.05) is 12.1 Å². The summed E-state index contributed by atoms with van der Waals surface area (Å²) in [5.74, 6) is -3.28. The van der Waals surface area contributed by atoms with Crippen LogP contribution in [0.1, 0.15) is 36.8 Å². The van der Waals surface area contributed by atoms with Crippen molar-refractivity contribution >= 4 is 23.2 Å². The Kier molecular flexibility index (Phi) is 7.03. The molecule has 2 aliphatic rings. The maximum absolute atomic E-state index is 14.5. The average Bonchev–Trinajstić information content (AvgIpc) is 3.15. The molecule has 208 valence electrons. The summed E-state index contributed by atoms with van der Waals surface area (Å²) in [7, 11) is 0. The van der Waals surface area contributed by atoms with Gasteiger partial charge in [-0.05, 0) is 43.0 Å². The second-order valence-corrected chi connectivity index (χ2v) is 9.73. The van der Waals surface area contributed by atoms with Crippen molar-refractivity contribution in [1.82, 2.24) is 29.2 Å². The number of rotatable bonds is 3. The third-order valence-corrected chi connectivity index (χ3v) is 7.26. The standard InChI is InChI=1S/C25H25F5N6O3/c26-18-4-1-3-17(20(18)27)15-6-12-35(24(39)34(13-15)14-25(28,29)30)23(38)33-10-7-16(8-11-33)36-19-5-2-9-31-21(19)32-22(36)37/h1-5,9,15-16H,6-8,10-14H2,(H,31,32,37). The predicted octanol–water partition coefficient (Wildman–Crippen LogP) is 4.23. The van der Waals surface area contributed by atoms with Crippen molar-refractivity contribution in [2.75, 3.05) is 32.7 Å². The Morgan fingerprint density at radius 1 is 1.03 bits per heavy atom. The van der Waals surface area contributed by atoms with E-state index in [9.17, 15) is 36.3 Å². The number of hydrogen-bond donors (Lipinski definition) is 1. The Bertz CT molecular complexity index is 1450. The molecule has 1 N–H and O–H groups in total. The average molecular weight is 553 g/mol. The van der Waals surface area contributed by atoms with Crippen LogP contribution in [-0.2, 0) is 0 Å². The SMILES string of the molecule is O=C(N1CCC(n2c(=O)[nH]c3ncccc32)CC1)N1CCC(c2cccc(F)c2F)CN(CC(F)(F)F)C1=O. The second kappa shape index (κ2) is 10.3. The number of nitrogens with zero attached hydrogens (tertiary/aromatic N) is 5. The number of likely N-dealkylation sites (tertiary alicyclic amines) is 1. The number of amides is 4. The number of aromatic amines is 1. The van der Waals surface area contributed by atoms with Crippen molar-refractivity contribution in [3.05, 3.63) is 64.2 Å². The van der Waals surface area contributed by atoms with Crippen LogP contribution in [0.5, 0.6) is 0 Å². The van der Waals surface area contributed by atoms with E-state index in [1.165, 1.54) is 17.0 Å². The fourth-order valence-electron chi connectivity index (χ4n) is 5.41. The van der Waals surface area contributed by atoms with Gasteiger partial charge in [-0.3, -0.25) is 9.55 Å². The minimum Gasteiger partial charge on any atom is -0.324 e. The summed E-state index contributed by atoms with van der Waals surface area (Å²) in [6, 6.07) is 4.71. The van der Waals surface area contributed by atoms with Crippen LogP contribution in [0.3, 0.4) is 0 Å². The number of aromatic nitrogens is 3. The number of alkyl halides is 3. The molecule has 4 amide bonds. The van der Waals surface area contributed by atoms with E-state index in [-0.39, 0.29) is 43.4 Å². The Balaban J connectivity index is 1.34. The van der Waals surface area contributed by atoms with Gasteiger partial charge in [-0.15, -0.1) is 0 Å². The molecule has 2 saturated heterocycles. The molecule has 3 aromatic rings. The Morgan fingerprint density at radius 3 is 2.49 bits per heavy atom. The molecule has 1 aromatic carbocycles. The molecular formula is C25H25F5N6O3. The first-order valence-electron chi connectivity index (χ1n) is 12.4. The first-order chi connectivity index (χ1) is 18.5. The quantitative estimate of drug-likeness (QED) is 0.492. The van der Waals surface area contributed by atoms with Crippen LogP contribution in [0.2, 0.25) is 0 Å². The zero-order chi connectivity index (χ0) is 27.9. The number of fused-ring (bicyclic) bond motifs is 1. The van der Waals surface area contributed by atoms with Crippen LogP contribution >= 0.6 is 0 Å². The predicted molar refractivity (Wildman–Crippen MR) is 129 cm³/mol. The van der Waals surface area contributed by atoms with Gasteiger partial charge in [0.25, 0.3) is 0 Å². The minimum atomic E-state index is -4.76. The molecule has 0 saturated carbocycles. The number of hydrogen-bond acceptors (Lipinski definition) is 4. The minimum absolute atomic E-state index is 0.0413. The van der Waals surface area contributed by atoms with E-state index < -0.39 is 48.9 Å². The van der Waals surface area contributed by atoms with Crippen molar-refractivity contribution in [2.45, 2.75) is 37.4 Å². The normalized spacial score (nSPS) is 19.6. The van der Waals surface area contributed by atoms with Crippen molar-refractivity contribution in [1.29, 1.82) is 0 Å². The molecule has 0 bridgehead atoms. The zero-order valence-corrected chi connectivity index (χ0v) is 20.6. The highest BCUT2D eigenvalue weighted by atomic mass is 19.4. The van der Waals surface area contributed by atoms with Gasteiger partial charge in [-0.25, -0.2) is 33.0 Å². The van der Waals surface area contributed by atoms with Crippen LogP contribution in [0.15, 0.2) is 41.3 Å². The molecule has 1 unspecified atom stereocenters. The van der Waals surface area contributed by atoms with E-state index in [2.05, 4.69) is 9.97 Å². The van der Waals surface area contributed by atoms with E-state index in [0.717, 1.165) is 11.0 Å². The summed E-state index contributed by atoms with van der Waals surface area (Å²) in [6.07, 6.45) is -2.50. The fraction of sp³-hybridized carbons (Fsp3) is 0.440. The van der Waals surface area contributed by atoms with E-state index in [4.69, 9.17) is 0 Å². The first-order valence-corrected chi connectivity index (χ1v) is 12.4. The Hall–Kier alpha value is -3.97. The van der Waals surface area contributed by atoms with E-state index in [1.54, 1.807) is 22.9 Å². The van der Waals surface area contributed by atoms with Crippen LogP contribution in [0.25, 0.3) is 11.2 Å². The maximum Gasteiger partial charge on any atom is 0.406 e. The summed E-state index contributed by atoms with van der Waals surface area (Å²) in [4.78, 5) is 48.4. The molecule has 9 nitrogen and oxygen atoms in total. The third-order valence-electron chi connectivity index (χ3n) is 7.26. The van der Waals surface area contributed by atoms with Crippen LogP contribution in [0.4, 0.5) is 31.5 Å². The summed E-state index contributed by atoms with van der Waals surface area (Å²) in [5.41, 5.74) is 0.567. The number of carbonyl (C=O) groups is 2. The number of carbonyl (C=O) groups excluding carboxylic acids is 2. The van der Waals surface area contributed by atoms with E-state index in [1.807, 2.05) is 0 Å². The number of piperidine rings is 1. The molecule has 1 atom stereocenters. The largest absolute Gasteiger partial charge is 0.406 e. The third kappa shape index (κ3) is 5.32. The van der Waals surface area contributed by atoms with Crippen LogP contribution in [-0.4, -0.2) is 80.2 Å². The van der Waals surface area contributed by atoms with Gasteiger partial charge in [0, 0.05) is 44.3 Å². The highest BCUT2D eigenvalue weighted by molar-refractivity contribution is 5.94. The fourth-order valence-corrected chi connectivity index (χ4v) is 5.41. The molecule has 39 heavy (non-hydrogen) atoms. The summed E-state index contributed by atoms with van der Waals surface area (Å²) in [6.45, 7) is -2.10. The number of imide groups is 1. The summed E-state index contributed by atoms with van der Waals surface area (Å²) >= 11 is 0. The van der Waals surface area contributed by atoms with Crippen LogP contribution in [0, 0.1) is 11.6 Å². The lowest BCUT2D eigenvalue weighted by Crippen LogP contribution is -2.53. The summed E-state index contributed by atoms with van der Waals surface area (Å²) in [5, 5.41) is 0. The molecule has 2 aromatic heterocycles. The molecule has 5 rings (SSSR count). The van der Waals surface area contributed by atoms with Gasteiger partial charge in [0.05, 0.1) is 5.52 Å². The zero-order valence-electron chi connectivity index (χ0n) is 20.6. The smallest absolute Gasteiger partial charge is 0.324 e. The molecular weight excluding hydrogens is 527 g/mol. The van der Waals surface area contributed by atoms with Crippen LogP contribution < -0.4 is 5.69 Å². The number of pyridine rings is 1. The highest BCUT2D eigenvalue weighted by Crippen LogP contribution is 2.31. The van der Waals surface area contributed by atoms with Gasteiger partial charge in [0.2, 0.25) is 0 Å². The Morgan fingerprint density at radius 2 is 1.77 bits per heavy atom. The molecule has 0 radical (unpaired) electrons. The molecule has 0 spiro atoms. The molecule has 2 fully saturated rings. The van der Waals surface area contributed by atoms with Crippen molar-refractivity contribution < 1.29 is 31.5 Å². The lowest BCUT2D eigenvalue weighted by atomic mass is 9.94. The van der Waals surface area contributed by atoms with Crippen molar-refractivity contribution in [3.8, 4) is 0 Å². The number of H-pyrrole nitrogens is 1. The van der Waals surface area contributed by atoms with E-state index >= 15 is 0 Å². The van der Waals surface area contributed by atoms with Gasteiger partial charge in [0.15, 0.2) is 17.3 Å². The number of urea groups is 2. The van der Waals surface area contributed by atoms with Gasteiger partial charge in [-0.2, -0.15) is 13.2 Å². The number of benzene rings is 1. The monoisotopic (exact) mass is 552 g/mol. The number of nitrogens with one attached hydrogen (secondary N) is 1. The number of halogens is 5. The maximum atomic E-state index is 14.5. The molecule has 2 aliphatic heterocycles. The van der Waals surface area contributed by atoms with Gasteiger partial charge >= 0.3 is 23.9 Å². The lowest BCUT2D eigenvalue weighted by molar-refractivity contribution is -0.140. The molecule has 14 heteroatoms. The first kappa shape index (κ1) is 26.6.